The summed E-state index contributed by atoms with van der Waals surface area (Å²) in [6.45, 7) is 6.73. The van der Waals surface area contributed by atoms with Gasteiger partial charge in [-0.2, -0.15) is 0 Å². The molecule has 0 radical (unpaired) electrons. The molecule has 0 aliphatic carbocycles. The van der Waals surface area contributed by atoms with Crippen LogP contribution < -0.4 is 0 Å². The van der Waals surface area contributed by atoms with Crippen LogP contribution in [0.2, 0.25) is 0 Å². The van der Waals surface area contributed by atoms with Crippen molar-refractivity contribution in [1.29, 1.82) is 0 Å². The molecular weight excluding hydrogens is 238 g/mol. The molecule has 106 valence electrons. The fourth-order valence-corrected chi connectivity index (χ4v) is 2.87. The van der Waals surface area contributed by atoms with E-state index in [1.54, 1.807) is 12.1 Å². The van der Waals surface area contributed by atoms with Crippen LogP contribution >= 0.6 is 0 Å². The van der Waals surface area contributed by atoms with Crippen LogP contribution in [0.15, 0.2) is 24.3 Å². The zero-order chi connectivity index (χ0) is 13.8. The molecule has 1 N–H and O–H groups in total. The number of phenolic OH excluding ortho intramolecular Hbond substituents is 1. The maximum absolute atomic E-state index is 9.31. The second-order valence-electron chi connectivity index (χ2n) is 5.75. The summed E-state index contributed by atoms with van der Waals surface area (Å²) in [4.78, 5) is 2.51. The largest absolute Gasteiger partial charge is 0.508 e. The summed E-state index contributed by atoms with van der Waals surface area (Å²) in [6, 6.07) is 8.05. The van der Waals surface area contributed by atoms with Crippen LogP contribution in [0.4, 0.5) is 0 Å². The van der Waals surface area contributed by atoms with Crippen LogP contribution in [0.25, 0.3) is 0 Å². The maximum Gasteiger partial charge on any atom is 0.115 e. The van der Waals surface area contributed by atoms with Crippen molar-refractivity contribution in [3.63, 3.8) is 0 Å². The Balaban J connectivity index is 1.92. The first-order valence-corrected chi connectivity index (χ1v) is 7.15. The molecule has 19 heavy (non-hydrogen) atoms. The molecule has 0 spiro atoms. The monoisotopic (exact) mass is 263 g/mol. The molecule has 2 rings (SSSR count). The Hall–Kier alpha value is -1.06. The standard InChI is InChI=1S/C16H25NO2/c1-12-8-9-17(11-16(12)19-3)13(2)10-14-4-6-15(18)7-5-14/h4-7,12-13,16,18H,8-11H2,1-3H3. The summed E-state index contributed by atoms with van der Waals surface area (Å²) in [6.07, 6.45) is 2.58. The van der Waals surface area contributed by atoms with Gasteiger partial charge in [0.1, 0.15) is 5.75 Å². The minimum atomic E-state index is 0.336. The fourth-order valence-electron chi connectivity index (χ4n) is 2.87. The number of likely N-dealkylation sites (tertiary alicyclic amines) is 1. The van der Waals surface area contributed by atoms with Crippen LogP contribution in [0, 0.1) is 5.92 Å². The molecule has 1 heterocycles. The number of benzene rings is 1. The third kappa shape index (κ3) is 3.71. The molecule has 0 aromatic heterocycles. The summed E-state index contributed by atoms with van der Waals surface area (Å²) in [5.41, 5.74) is 1.28. The van der Waals surface area contributed by atoms with Gasteiger partial charge in [-0.05, 0) is 49.9 Å². The van der Waals surface area contributed by atoms with Gasteiger partial charge in [-0.25, -0.2) is 0 Å². The number of hydrogen-bond acceptors (Lipinski definition) is 3. The molecule has 1 aromatic rings. The first-order valence-electron chi connectivity index (χ1n) is 7.15. The van der Waals surface area contributed by atoms with Crippen molar-refractivity contribution >= 4 is 0 Å². The Kier molecular flexibility index (Phi) is 4.83. The van der Waals surface area contributed by atoms with Gasteiger partial charge in [0.25, 0.3) is 0 Å². The molecule has 0 amide bonds. The minimum Gasteiger partial charge on any atom is -0.508 e. The smallest absolute Gasteiger partial charge is 0.115 e. The summed E-state index contributed by atoms with van der Waals surface area (Å²) >= 11 is 0. The Morgan fingerprint density at radius 1 is 1.37 bits per heavy atom. The SMILES string of the molecule is COC1CN(C(C)Cc2ccc(O)cc2)CCC1C. The van der Waals surface area contributed by atoms with Crippen LogP contribution in [0.1, 0.15) is 25.8 Å². The zero-order valence-corrected chi connectivity index (χ0v) is 12.2. The van der Waals surface area contributed by atoms with E-state index < -0.39 is 0 Å². The summed E-state index contributed by atoms with van der Waals surface area (Å²) in [7, 11) is 1.81. The van der Waals surface area contributed by atoms with Gasteiger partial charge in [0.15, 0.2) is 0 Å². The predicted molar refractivity (Wildman–Crippen MR) is 77.4 cm³/mol. The van der Waals surface area contributed by atoms with Crippen LogP contribution in [0.5, 0.6) is 5.75 Å². The normalized spacial score (nSPS) is 26.3. The molecule has 1 aliphatic heterocycles. The van der Waals surface area contributed by atoms with E-state index in [0.717, 1.165) is 19.5 Å². The topological polar surface area (TPSA) is 32.7 Å². The average Bonchev–Trinajstić information content (AvgIpc) is 2.42. The molecule has 3 atom stereocenters. The summed E-state index contributed by atoms with van der Waals surface area (Å²) < 4.78 is 5.58. The second-order valence-corrected chi connectivity index (χ2v) is 5.75. The van der Waals surface area contributed by atoms with Gasteiger partial charge < -0.3 is 9.84 Å². The highest BCUT2D eigenvalue weighted by atomic mass is 16.5. The fraction of sp³-hybridized carbons (Fsp3) is 0.625. The third-order valence-corrected chi connectivity index (χ3v) is 4.31. The first kappa shape index (κ1) is 14.4. The van der Waals surface area contributed by atoms with Crippen molar-refractivity contribution in [1.82, 2.24) is 4.90 Å². The number of nitrogens with zero attached hydrogens (tertiary/aromatic N) is 1. The van der Waals surface area contributed by atoms with Gasteiger partial charge in [0.2, 0.25) is 0 Å². The number of aromatic hydroxyl groups is 1. The quantitative estimate of drug-likeness (QED) is 0.906. The van der Waals surface area contributed by atoms with Gasteiger partial charge in [-0.15, -0.1) is 0 Å². The molecule has 3 nitrogen and oxygen atoms in total. The highest BCUT2D eigenvalue weighted by Crippen LogP contribution is 2.22. The third-order valence-electron chi connectivity index (χ3n) is 4.31. The lowest BCUT2D eigenvalue weighted by Crippen LogP contribution is -2.48. The number of phenols is 1. The first-order chi connectivity index (χ1) is 9.10. The number of ether oxygens (including phenoxy) is 1. The Labute approximate surface area is 116 Å². The van der Waals surface area contributed by atoms with Crippen molar-refractivity contribution in [2.24, 2.45) is 5.92 Å². The second kappa shape index (κ2) is 6.40. The lowest BCUT2D eigenvalue weighted by Gasteiger charge is -2.39. The van der Waals surface area contributed by atoms with E-state index in [4.69, 9.17) is 4.74 Å². The Bertz CT molecular complexity index is 390. The van der Waals surface area contributed by atoms with Gasteiger partial charge >= 0.3 is 0 Å². The van der Waals surface area contributed by atoms with Crippen molar-refractivity contribution in [3.05, 3.63) is 29.8 Å². The van der Waals surface area contributed by atoms with Crippen LogP contribution in [-0.4, -0.2) is 42.4 Å². The van der Waals surface area contributed by atoms with Gasteiger partial charge in [-0.3, -0.25) is 4.90 Å². The lowest BCUT2D eigenvalue weighted by molar-refractivity contribution is -0.0165. The van der Waals surface area contributed by atoms with E-state index in [9.17, 15) is 5.11 Å². The van der Waals surface area contributed by atoms with Crippen molar-refractivity contribution in [2.75, 3.05) is 20.2 Å². The van der Waals surface area contributed by atoms with E-state index in [1.165, 1.54) is 12.0 Å². The summed E-state index contributed by atoms with van der Waals surface area (Å²) in [5.74, 6) is 0.991. The van der Waals surface area contributed by atoms with E-state index in [1.807, 2.05) is 19.2 Å². The van der Waals surface area contributed by atoms with Crippen molar-refractivity contribution in [2.45, 2.75) is 38.8 Å². The predicted octanol–water partition coefficient (Wildman–Crippen LogP) is 2.68. The molecule has 1 aromatic carbocycles. The highest BCUT2D eigenvalue weighted by molar-refractivity contribution is 5.26. The van der Waals surface area contributed by atoms with E-state index in [-0.39, 0.29) is 0 Å². The Morgan fingerprint density at radius 3 is 2.68 bits per heavy atom. The summed E-state index contributed by atoms with van der Waals surface area (Å²) in [5, 5.41) is 9.31. The molecule has 1 aliphatic rings. The molecular formula is C16H25NO2. The van der Waals surface area contributed by atoms with E-state index >= 15 is 0 Å². The molecule has 3 unspecified atom stereocenters. The molecule has 1 saturated heterocycles. The molecule has 1 fully saturated rings. The number of piperidine rings is 1. The van der Waals surface area contributed by atoms with Gasteiger partial charge in [-0.1, -0.05) is 19.1 Å². The molecule has 0 bridgehead atoms. The number of hydrogen-bond donors (Lipinski definition) is 1. The molecule has 3 heteroatoms. The van der Waals surface area contributed by atoms with E-state index in [0.29, 0.717) is 23.8 Å². The number of methoxy groups -OCH3 is 1. The highest BCUT2D eigenvalue weighted by Gasteiger charge is 2.28. The average molecular weight is 263 g/mol. The van der Waals surface area contributed by atoms with Crippen molar-refractivity contribution < 1.29 is 9.84 Å². The van der Waals surface area contributed by atoms with Gasteiger partial charge in [0, 0.05) is 19.7 Å². The van der Waals surface area contributed by atoms with Crippen molar-refractivity contribution in [3.8, 4) is 5.75 Å². The Morgan fingerprint density at radius 2 is 2.05 bits per heavy atom. The van der Waals surface area contributed by atoms with Crippen LogP contribution in [-0.2, 0) is 11.2 Å². The van der Waals surface area contributed by atoms with Crippen LogP contribution in [0.3, 0.4) is 0 Å². The minimum absolute atomic E-state index is 0.336. The lowest BCUT2D eigenvalue weighted by atomic mass is 9.94. The zero-order valence-electron chi connectivity index (χ0n) is 12.2. The molecule has 0 saturated carbocycles. The van der Waals surface area contributed by atoms with E-state index in [2.05, 4.69) is 18.7 Å². The maximum atomic E-state index is 9.31. The number of rotatable bonds is 4. The van der Waals surface area contributed by atoms with Gasteiger partial charge in [0.05, 0.1) is 6.10 Å².